The monoisotopic (exact) mass is 474 g/mol. The third kappa shape index (κ3) is 4.86. The molecular weight excluding hydrogens is 458 g/mol. The first-order valence-corrected chi connectivity index (χ1v) is 9.10. The number of carbonyl (C=O) groups is 1. The number of hydrogen-bond donors (Lipinski definition) is 2. The van der Waals surface area contributed by atoms with E-state index in [9.17, 15) is 31.1 Å². The van der Waals surface area contributed by atoms with Gasteiger partial charge in [0.05, 0.1) is 6.20 Å². The third-order valence-electron chi connectivity index (χ3n) is 4.64. The minimum absolute atomic E-state index is 0.0847. The van der Waals surface area contributed by atoms with Crippen LogP contribution in [-0.2, 0) is 10.3 Å². The quantitative estimate of drug-likeness (QED) is 0.636. The normalized spacial score (nSPS) is 20.0. The summed E-state index contributed by atoms with van der Waals surface area (Å²) in [6.45, 7) is 2.50. The summed E-state index contributed by atoms with van der Waals surface area (Å²) >= 11 is 0. The summed E-state index contributed by atoms with van der Waals surface area (Å²) in [4.78, 5) is 19.7. The molecule has 1 aliphatic heterocycles. The number of nitrogens with one attached hydrogen (secondary N) is 1. The van der Waals surface area contributed by atoms with Crippen molar-refractivity contribution >= 4 is 17.6 Å². The van der Waals surface area contributed by atoms with E-state index in [0.717, 1.165) is 43.5 Å². The predicted octanol–water partition coefficient (Wildman–Crippen LogP) is 4.12. The second kappa shape index (κ2) is 8.30. The average Bonchev–Trinajstić information content (AvgIpc) is 2.72. The van der Waals surface area contributed by atoms with Gasteiger partial charge >= 0.3 is 12.1 Å². The van der Waals surface area contributed by atoms with E-state index in [2.05, 4.69) is 31.3 Å². The summed E-state index contributed by atoms with van der Waals surface area (Å²) < 4.78 is 89.7. The number of rotatable bonds is 5. The van der Waals surface area contributed by atoms with Crippen LogP contribution in [0.3, 0.4) is 0 Å². The molecule has 0 saturated carbocycles. The van der Waals surface area contributed by atoms with Crippen molar-refractivity contribution in [3.05, 3.63) is 65.9 Å². The summed E-state index contributed by atoms with van der Waals surface area (Å²) in [7, 11) is 0. The molecule has 7 nitrogen and oxygen atoms in total. The van der Waals surface area contributed by atoms with Crippen LogP contribution in [0.1, 0.15) is 23.0 Å². The molecule has 1 aliphatic rings. The van der Waals surface area contributed by atoms with Crippen LogP contribution in [0.4, 0.5) is 32.0 Å². The number of ether oxygens (including phenoxy) is 2. The highest BCUT2D eigenvalue weighted by Crippen LogP contribution is 2.48. The van der Waals surface area contributed by atoms with E-state index in [4.69, 9.17) is 5.73 Å². The maximum absolute atomic E-state index is 14.8. The maximum Gasteiger partial charge on any atom is 0.422 e. The summed E-state index contributed by atoms with van der Waals surface area (Å²) in [6, 6.07) is 4.44. The molecule has 176 valence electrons. The van der Waals surface area contributed by atoms with Crippen LogP contribution >= 0.6 is 0 Å². The average molecular weight is 474 g/mol. The van der Waals surface area contributed by atoms with Gasteiger partial charge in [-0.15, -0.1) is 0 Å². The van der Waals surface area contributed by atoms with E-state index in [-0.39, 0.29) is 17.1 Å². The SMILES string of the molecule is C=C1OC(N)=N[C@](C)(c2cc(NC(=O)c3ccc(OCC(F)(F)F)cn3)ccc2F)C1(F)F. The summed E-state index contributed by atoms with van der Waals surface area (Å²) in [5.74, 6) is -6.98. The van der Waals surface area contributed by atoms with E-state index in [1.807, 2.05) is 0 Å². The number of amides is 1. The minimum atomic E-state index is -4.55. The number of aromatic nitrogens is 1. The van der Waals surface area contributed by atoms with Crippen molar-refractivity contribution in [1.82, 2.24) is 4.98 Å². The Morgan fingerprint density at radius 3 is 2.58 bits per heavy atom. The van der Waals surface area contributed by atoms with Crippen molar-refractivity contribution in [3.63, 3.8) is 0 Å². The van der Waals surface area contributed by atoms with Crippen LogP contribution in [0, 0.1) is 5.82 Å². The van der Waals surface area contributed by atoms with Crippen molar-refractivity contribution in [2.75, 3.05) is 11.9 Å². The predicted molar refractivity (Wildman–Crippen MR) is 104 cm³/mol. The number of nitrogens with two attached hydrogens (primary N) is 1. The molecule has 1 atom stereocenters. The standard InChI is InChI=1S/C20H16F6N4O3/c1-10-20(25,26)18(2,30-17(27)33-10)13-7-11(3-5-14(13)21)29-16(31)15-6-4-12(8-28-15)32-9-19(22,23)24/h3-8H,1,9H2,2H3,(H2,27,30)(H,29,31)/t18-/m1/s1. The molecule has 1 amide bonds. The van der Waals surface area contributed by atoms with Gasteiger partial charge in [0.1, 0.15) is 17.3 Å². The Kier molecular flexibility index (Phi) is 6.00. The van der Waals surface area contributed by atoms with Gasteiger partial charge in [-0.25, -0.2) is 14.4 Å². The Morgan fingerprint density at radius 2 is 1.97 bits per heavy atom. The van der Waals surface area contributed by atoms with Gasteiger partial charge in [0.15, 0.2) is 17.9 Å². The zero-order valence-electron chi connectivity index (χ0n) is 16.8. The van der Waals surface area contributed by atoms with Crippen molar-refractivity contribution < 1.29 is 40.6 Å². The molecular formula is C20H16F6N4O3. The Labute approximate surface area is 182 Å². The first-order valence-electron chi connectivity index (χ1n) is 9.10. The number of alkyl halides is 5. The van der Waals surface area contributed by atoms with E-state index in [1.54, 1.807) is 0 Å². The summed E-state index contributed by atoms with van der Waals surface area (Å²) in [5.41, 5.74) is 2.00. The molecule has 2 heterocycles. The Morgan fingerprint density at radius 1 is 1.27 bits per heavy atom. The number of carbonyl (C=O) groups excluding carboxylic acids is 1. The van der Waals surface area contributed by atoms with Gasteiger partial charge in [-0.3, -0.25) is 4.79 Å². The first kappa shape index (κ1) is 23.9. The van der Waals surface area contributed by atoms with Gasteiger partial charge in [0.2, 0.25) is 0 Å². The molecule has 0 saturated heterocycles. The van der Waals surface area contributed by atoms with Crippen molar-refractivity contribution in [2.24, 2.45) is 10.7 Å². The van der Waals surface area contributed by atoms with Gasteiger partial charge in [-0.2, -0.15) is 22.0 Å². The lowest BCUT2D eigenvalue weighted by molar-refractivity contribution is -0.153. The number of nitrogens with zero attached hydrogens (tertiary/aromatic N) is 2. The van der Waals surface area contributed by atoms with Crippen LogP contribution in [-0.4, -0.2) is 35.6 Å². The van der Waals surface area contributed by atoms with Crippen molar-refractivity contribution in [2.45, 2.75) is 24.6 Å². The van der Waals surface area contributed by atoms with Gasteiger partial charge in [0, 0.05) is 11.3 Å². The van der Waals surface area contributed by atoms with Crippen molar-refractivity contribution in [3.8, 4) is 5.75 Å². The van der Waals surface area contributed by atoms with E-state index >= 15 is 0 Å². The lowest BCUT2D eigenvalue weighted by Crippen LogP contribution is -2.49. The maximum atomic E-state index is 14.8. The largest absolute Gasteiger partial charge is 0.483 e. The summed E-state index contributed by atoms with van der Waals surface area (Å²) in [6.07, 6.45) is -3.64. The third-order valence-corrected chi connectivity index (χ3v) is 4.64. The molecule has 0 aliphatic carbocycles. The number of halogens is 6. The number of anilines is 1. The van der Waals surface area contributed by atoms with Gasteiger partial charge in [0.25, 0.3) is 11.9 Å². The molecule has 0 radical (unpaired) electrons. The highest BCUT2D eigenvalue weighted by molar-refractivity contribution is 6.02. The van der Waals surface area contributed by atoms with Gasteiger partial charge in [-0.1, -0.05) is 6.58 Å². The van der Waals surface area contributed by atoms with E-state index in [1.165, 1.54) is 0 Å². The zero-order valence-corrected chi connectivity index (χ0v) is 16.8. The smallest absolute Gasteiger partial charge is 0.422 e. The second-order valence-electron chi connectivity index (χ2n) is 7.05. The molecule has 2 aromatic rings. The van der Waals surface area contributed by atoms with Crippen LogP contribution in [0.5, 0.6) is 5.75 Å². The number of aliphatic imine (C=N–C) groups is 1. The van der Waals surface area contributed by atoms with Crippen LogP contribution in [0.25, 0.3) is 0 Å². The van der Waals surface area contributed by atoms with E-state index < -0.39 is 53.3 Å². The molecule has 3 N–H and O–H groups in total. The Bertz CT molecular complexity index is 1120. The van der Waals surface area contributed by atoms with Gasteiger partial charge in [-0.05, 0) is 37.3 Å². The second-order valence-corrected chi connectivity index (χ2v) is 7.05. The fourth-order valence-corrected chi connectivity index (χ4v) is 2.94. The molecule has 1 aromatic heterocycles. The van der Waals surface area contributed by atoms with E-state index in [0.29, 0.717) is 0 Å². The van der Waals surface area contributed by atoms with Crippen LogP contribution in [0.2, 0.25) is 0 Å². The highest BCUT2D eigenvalue weighted by Gasteiger charge is 2.59. The molecule has 33 heavy (non-hydrogen) atoms. The fraction of sp³-hybridized carbons (Fsp3) is 0.250. The zero-order chi connectivity index (χ0) is 24.6. The minimum Gasteiger partial charge on any atom is -0.483 e. The molecule has 0 spiro atoms. The van der Waals surface area contributed by atoms with Gasteiger partial charge < -0.3 is 20.5 Å². The molecule has 13 heteroatoms. The summed E-state index contributed by atoms with van der Waals surface area (Å²) in [5, 5.41) is 2.34. The van der Waals surface area contributed by atoms with Crippen molar-refractivity contribution in [1.29, 1.82) is 0 Å². The van der Waals surface area contributed by atoms with Crippen LogP contribution in [0.15, 0.2) is 53.9 Å². The molecule has 0 bridgehead atoms. The number of pyridine rings is 1. The molecule has 3 rings (SSSR count). The number of benzene rings is 1. The topological polar surface area (TPSA) is 98.8 Å². The Hall–Kier alpha value is -3.77. The molecule has 0 unspecified atom stereocenters. The lowest BCUT2D eigenvalue weighted by Gasteiger charge is -2.38. The molecule has 1 aromatic carbocycles. The lowest BCUT2D eigenvalue weighted by atomic mass is 9.84. The first-order chi connectivity index (χ1) is 15.2. The Balaban J connectivity index is 1.84. The number of amidine groups is 1. The van der Waals surface area contributed by atoms with Crippen LogP contribution < -0.4 is 15.8 Å². The highest BCUT2D eigenvalue weighted by atomic mass is 19.4. The molecule has 0 fully saturated rings. The fourth-order valence-electron chi connectivity index (χ4n) is 2.94. The number of hydrogen-bond acceptors (Lipinski definition) is 6.